The lowest BCUT2D eigenvalue weighted by Crippen LogP contribution is -2.12. The number of hydrogen-bond donors (Lipinski definition) is 3. The van der Waals surface area contributed by atoms with Crippen LogP contribution < -0.4 is 5.32 Å². The molecule has 6 nitrogen and oxygen atoms in total. The number of aromatic nitrogens is 2. The van der Waals surface area contributed by atoms with E-state index in [4.69, 9.17) is 16.8 Å². The molecule has 0 spiro atoms. The second-order valence-corrected chi connectivity index (χ2v) is 3.38. The predicted octanol–water partition coefficient (Wildman–Crippen LogP) is 1.61. The van der Waals surface area contributed by atoms with Gasteiger partial charge in [0.1, 0.15) is 11.4 Å². The second kappa shape index (κ2) is 4.19. The largest absolute Gasteiger partial charge is 0.411 e. The van der Waals surface area contributed by atoms with Crippen molar-refractivity contribution >= 4 is 40.3 Å². The number of benzene rings is 1. The number of carbonyl (C=O) groups is 1. The molecule has 82 valence electrons. The standard InChI is InChI=1S/C9H7ClN4O2/c10-9-6-3-5(12-8(15)4-11-16)1-2-7(6)13-14-9/h1-4,16H,(H,12,15)(H,13,14)/b11-4+. The molecule has 16 heavy (non-hydrogen) atoms. The van der Waals surface area contributed by atoms with Crippen molar-refractivity contribution in [2.45, 2.75) is 0 Å². The van der Waals surface area contributed by atoms with E-state index in [1.54, 1.807) is 18.2 Å². The van der Waals surface area contributed by atoms with Gasteiger partial charge in [-0.3, -0.25) is 9.89 Å². The normalized spacial score (nSPS) is 11.1. The van der Waals surface area contributed by atoms with Gasteiger partial charge in [0.15, 0.2) is 0 Å². The summed E-state index contributed by atoms with van der Waals surface area (Å²) in [7, 11) is 0. The van der Waals surface area contributed by atoms with E-state index in [1.165, 1.54) is 0 Å². The minimum Gasteiger partial charge on any atom is -0.411 e. The van der Waals surface area contributed by atoms with E-state index >= 15 is 0 Å². The lowest BCUT2D eigenvalue weighted by Gasteiger charge is -2.00. The Morgan fingerprint density at radius 2 is 2.44 bits per heavy atom. The number of halogens is 1. The Labute approximate surface area is 94.9 Å². The van der Waals surface area contributed by atoms with Crippen molar-refractivity contribution in [1.29, 1.82) is 0 Å². The van der Waals surface area contributed by atoms with Crippen LogP contribution in [0.15, 0.2) is 23.4 Å². The van der Waals surface area contributed by atoms with Crippen molar-refractivity contribution in [3.8, 4) is 0 Å². The van der Waals surface area contributed by atoms with Crippen molar-refractivity contribution in [2.75, 3.05) is 5.32 Å². The average Bonchev–Trinajstić information content (AvgIpc) is 2.61. The Morgan fingerprint density at radius 1 is 1.62 bits per heavy atom. The van der Waals surface area contributed by atoms with Gasteiger partial charge in [-0.25, -0.2) is 0 Å². The highest BCUT2D eigenvalue weighted by molar-refractivity contribution is 6.34. The van der Waals surface area contributed by atoms with Gasteiger partial charge in [-0.05, 0) is 18.2 Å². The molecule has 1 amide bonds. The van der Waals surface area contributed by atoms with Crippen LogP contribution in [0.1, 0.15) is 0 Å². The number of oxime groups is 1. The number of fused-ring (bicyclic) bond motifs is 1. The molecule has 1 heterocycles. The first-order valence-electron chi connectivity index (χ1n) is 4.33. The third-order valence-corrected chi connectivity index (χ3v) is 2.24. The van der Waals surface area contributed by atoms with Crippen molar-refractivity contribution in [3.63, 3.8) is 0 Å². The Hall–Kier alpha value is -2.08. The molecule has 0 saturated carbocycles. The summed E-state index contributed by atoms with van der Waals surface area (Å²) < 4.78 is 0. The van der Waals surface area contributed by atoms with E-state index in [0.717, 1.165) is 6.21 Å². The summed E-state index contributed by atoms with van der Waals surface area (Å²) in [5.74, 6) is -0.526. The van der Waals surface area contributed by atoms with Crippen LogP contribution in [0.3, 0.4) is 0 Å². The summed E-state index contributed by atoms with van der Waals surface area (Å²) in [5, 5.41) is 21.0. The molecule has 0 aliphatic rings. The smallest absolute Gasteiger partial charge is 0.270 e. The van der Waals surface area contributed by atoms with Crippen molar-refractivity contribution in [1.82, 2.24) is 10.2 Å². The molecule has 3 N–H and O–H groups in total. The van der Waals surface area contributed by atoms with Crippen LogP contribution in [-0.2, 0) is 4.79 Å². The minimum absolute atomic E-state index is 0.405. The molecule has 1 aromatic heterocycles. The molecule has 1 aromatic carbocycles. The highest BCUT2D eigenvalue weighted by Crippen LogP contribution is 2.23. The molecule has 0 aliphatic carbocycles. The first-order valence-corrected chi connectivity index (χ1v) is 4.70. The van der Waals surface area contributed by atoms with Crippen molar-refractivity contribution in [2.24, 2.45) is 5.16 Å². The van der Waals surface area contributed by atoms with E-state index in [0.29, 0.717) is 21.7 Å². The van der Waals surface area contributed by atoms with Gasteiger partial charge >= 0.3 is 0 Å². The maximum atomic E-state index is 11.1. The van der Waals surface area contributed by atoms with Gasteiger partial charge in [0.25, 0.3) is 5.91 Å². The van der Waals surface area contributed by atoms with Crippen LogP contribution >= 0.6 is 11.6 Å². The van der Waals surface area contributed by atoms with Gasteiger partial charge in [0.2, 0.25) is 0 Å². The van der Waals surface area contributed by atoms with Gasteiger partial charge < -0.3 is 10.5 Å². The molecule has 0 fully saturated rings. The van der Waals surface area contributed by atoms with Crippen LogP contribution in [0.5, 0.6) is 0 Å². The van der Waals surface area contributed by atoms with E-state index < -0.39 is 5.91 Å². The predicted molar refractivity (Wildman–Crippen MR) is 60.0 cm³/mol. The van der Waals surface area contributed by atoms with Gasteiger partial charge in [-0.1, -0.05) is 16.8 Å². The van der Waals surface area contributed by atoms with Gasteiger partial charge in [-0.15, -0.1) is 0 Å². The zero-order valence-corrected chi connectivity index (χ0v) is 8.69. The number of nitrogens with one attached hydrogen (secondary N) is 2. The summed E-state index contributed by atoms with van der Waals surface area (Å²) in [6.07, 6.45) is 0.765. The number of rotatable bonds is 2. The Bertz CT molecular complexity index is 564. The second-order valence-electron chi connectivity index (χ2n) is 3.00. The van der Waals surface area contributed by atoms with E-state index in [2.05, 4.69) is 20.7 Å². The van der Waals surface area contributed by atoms with Crippen LogP contribution in [-0.4, -0.2) is 27.5 Å². The molecule has 0 unspecified atom stereocenters. The van der Waals surface area contributed by atoms with Gasteiger partial charge in [-0.2, -0.15) is 5.10 Å². The minimum atomic E-state index is -0.526. The molecular weight excluding hydrogens is 232 g/mol. The molecule has 0 radical (unpaired) electrons. The van der Waals surface area contributed by atoms with Crippen molar-refractivity contribution < 1.29 is 10.0 Å². The summed E-state index contributed by atoms with van der Waals surface area (Å²) in [6, 6.07) is 5.05. The lowest BCUT2D eigenvalue weighted by molar-refractivity contribution is -0.110. The zero-order valence-electron chi connectivity index (χ0n) is 7.94. The fourth-order valence-corrected chi connectivity index (χ4v) is 1.48. The first kappa shape index (κ1) is 10.4. The van der Waals surface area contributed by atoms with Gasteiger partial charge in [0, 0.05) is 11.1 Å². The number of anilines is 1. The van der Waals surface area contributed by atoms with Crippen LogP contribution in [0, 0.1) is 0 Å². The van der Waals surface area contributed by atoms with E-state index in [1.807, 2.05) is 0 Å². The third-order valence-electron chi connectivity index (χ3n) is 1.95. The Balaban J connectivity index is 2.32. The average molecular weight is 239 g/mol. The van der Waals surface area contributed by atoms with Crippen LogP contribution in [0.2, 0.25) is 5.15 Å². The molecule has 2 rings (SSSR count). The number of nitrogens with zero attached hydrogens (tertiary/aromatic N) is 2. The summed E-state index contributed by atoms with van der Waals surface area (Å²) in [4.78, 5) is 11.1. The molecule has 7 heteroatoms. The quantitative estimate of drug-likeness (QED) is 0.422. The Kier molecular flexibility index (Phi) is 2.74. The monoisotopic (exact) mass is 238 g/mol. The molecule has 0 bridgehead atoms. The molecular formula is C9H7ClN4O2. The van der Waals surface area contributed by atoms with Crippen molar-refractivity contribution in [3.05, 3.63) is 23.4 Å². The molecule has 0 aliphatic heterocycles. The summed E-state index contributed by atoms with van der Waals surface area (Å²) in [5.41, 5.74) is 1.25. The van der Waals surface area contributed by atoms with Crippen LogP contribution in [0.25, 0.3) is 10.9 Å². The van der Waals surface area contributed by atoms with Gasteiger partial charge in [0.05, 0.1) is 5.52 Å². The first-order chi connectivity index (χ1) is 7.70. The summed E-state index contributed by atoms with van der Waals surface area (Å²) in [6.45, 7) is 0. The number of aromatic amines is 1. The number of H-pyrrole nitrogens is 1. The topological polar surface area (TPSA) is 90.4 Å². The maximum Gasteiger partial charge on any atom is 0.270 e. The third kappa shape index (κ3) is 1.96. The molecule has 0 saturated heterocycles. The molecule has 2 aromatic rings. The molecule has 0 atom stereocenters. The fourth-order valence-electron chi connectivity index (χ4n) is 1.28. The Morgan fingerprint density at radius 3 is 3.19 bits per heavy atom. The summed E-state index contributed by atoms with van der Waals surface area (Å²) >= 11 is 5.85. The van der Waals surface area contributed by atoms with E-state index in [9.17, 15) is 4.79 Å². The number of hydrogen-bond acceptors (Lipinski definition) is 4. The highest BCUT2D eigenvalue weighted by Gasteiger charge is 2.05. The zero-order chi connectivity index (χ0) is 11.5. The fraction of sp³-hybridized carbons (Fsp3) is 0. The van der Waals surface area contributed by atoms with Crippen LogP contribution in [0.4, 0.5) is 5.69 Å². The van der Waals surface area contributed by atoms with E-state index in [-0.39, 0.29) is 0 Å². The highest BCUT2D eigenvalue weighted by atomic mass is 35.5. The maximum absolute atomic E-state index is 11.1. The SMILES string of the molecule is O=C(/C=N/O)Nc1ccc2n[nH]c(Cl)c2c1. The number of carbonyl (C=O) groups excluding carboxylic acids is 1. The lowest BCUT2D eigenvalue weighted by atomic mass is 10.2. The number of amides is 1.